The molecule has 2 amide bonds. The van der Waals surface area contributed by atoms with Crippen LogP contribution in [0.3, 0.4) is 0 Å². The summed E-state index contributed by atoms with van der Waals surface area (Å²) in [7, 11) is 0. The molecular formula is C18H24N4O2. The normalized spacial score (nSPS) is 10.9. The van der Waals surface area contributed by atoms with Gasteiger partial charge in [0.05, 0.1) is 0 Å². The molecule has 24 heavy (non-hydrogen) atoms. The summed E-state index contributed by atoms with van der Waals surface area (Å²) in [6, 6.07) is 8.74. The summed E-state index contributed by atoms with van der Waals surface area (Å²) < 4.78 is 1.73. The third kappa shape index (κ3) is 4.68. The Hall–Kier alpha value is -2.63. The van der Waals surface area contributed by atoms with Crippen molar-refractivity contribution < 1.29 is 9.59 Å². The summed E-state index contributed by atoms with van der Waals surface area (Å²) in [6.07, 6.45) is 1.77. The Labute approximate surface area is 142 Å². The van der Waals surface area contributed by atoms with E-state index in [2.05, 4.69) is 15.7 Å². The Morgan fingerprint density at radius 2 is 1.88 bits per heavy atom. The van der Waals surface area contributed by atoms with Crippen molar-refractivity contribution in [2.24, 2.45) is 5.92 Å². The molecule has 1 aromatic carbocycles. The highest BCUT2D eigenvalue weighted by Gasteiger charge is 2.12. The lowest BCUT2D eigenvalue weighted by molar-refractivity contribution is 0.0947. The first-order valence-electron chi connectivity index (χ1n) is 8.11. The fraction of sp³-hybridized carbons (Fsp3) is 0.389. The first-order chi connectivity index (χ1) is 11.4. The summed E-state index contributed by atoms with van der Waals surface area (Å²) in [5.74, 6) is -0.0640. The molecule has 0 fully saturated rings. The van der Waals surface area contributed by atoms with E-state index in [9.17, 15) is 9.59 Å². The molecule has 0 saturated heterocycles. The van der Waals surface area contributed by atoms with Crippen molar-refractivity contribution in [2.75, 3.05) is 11.9 Å². The molecule has 0 spiro atoms. The van der Waals surface area contributed by atoms with Gasteiger partial charge in [-0.2, -0.15) is 5.10 Å². The average molecular weight is 328 g/mol. The number of rotatable bonds is 6. The number of aromatic nitrogens is 2. The van der Waals surface area contributed by atoms with E-state index in [-0.39, 0.29) is 17.9 Å². The number of nitrogens with one attached hydrogen (secondary N) is 2. The SMILES string of the molecule is CC(C)CNC(=O)c1cccc(NC(=O)c2ccn(C(C)C)n2)c1. The van der Waals surface area contributed by atoms with Gasteiger partial charge in [0, 0.05) is 30.0 Å². The zero-order valence-electron chi connectivity index (χ0n) is 14.5. The van der Waals surface area contributed by atoms with Crippen molar-refractivity contribution in [3.05, 3.63) is 47.8 Å². The Morgan fingerprint density at radius 3 is 2.50 bits per heavy atom. The first-order valence-corrected chi connectivity index (χ1v) is 8.11. The average Bonchev–Trinajstić information content (AvgIpc) is 3.03. The molecule has 6 heteroatoms. The lowest BCUT2D eigenvalue weighted by Gasteiger charge is -2.09. The van der Waals surface area contributed by atoms with Gasteiger partial charge < -0.3 is 10.6 Å². The van der Waals surface area contributed by atoms with Crippen LogP contribution in [0, 0.1) is 5.92 Å². The molecule has 128 valence electrons. The summed E-state index contributed by atoms with van der Waals surface area (Å²) in [5, 5.41) is 9.87. The first kappa shape index (κ1) is 17.7. The Kier molecular flexibility index (Phi) is 5.73. The highest BCUT2D eigenvalue weighted by Crippen LogP contribution is 2.13. The van der Waals surface area contributed by atoms with Gasteiger partial charge in [-0.15, -0.1) is 0 Å². The summed E-state index contributed by atoms with van der Waals surface area (Å²) in [4.78, 5) is 24.4. The standard InChI is InChI=1S/C18H24N4O2/c1-12(2)11-19-17(23)14-6-5-7-15(10-14)20-18(24)16-8-9-22(21-16)13(3)4/h5-10,12-13H,11H2,1-4H3,(H,19,23)(H,20,24). The molecule has 0 saturated carbocycles. The second kappa shape index (κ2) is 7.77. The number of nitrogens with zero attached hydrogens (tertiary/aromatic N) is 2. The topological polar surface area (TPSA) is 76.0 Å². The Balaban J connectivity index is 2.05. The van der Waals surface area contributed by atoms with Crippen molar-refractivity contribution >= 4 is 17.5 Å². The van der Waals surface area contributed by atoms with Crippen LogP contribution in [0.25, 0.3) is 0 Å². The van der Waals surface area contributed by atoms with Crippen LogP contribution in [0.1, 0.15) is 54.6 Å². The molecule has 0 atom stereocenters. The predicted octanol–water partition coefficient (Wildman–Crippen LogP) is 3.10. The molecule has 6 nitrogen and oxygen atoms in total. The number of anilines is 1. The zero-order valence-corrected chi connectivity index (χ0v) is 14.5. The Morgan fingerprint density at radius 1 is 1.12 bits per heavy atom. The van der Waals surface area contributed by atoms with Crippen LogP contribution in [0.2, 0.25) is 0 Å². The number of carbonyl (C=O) groups is 2. The third-order valence-corrected chi connectivity index (χ3v) is 3.42. The van der Waals surface area contributed by atoms with E-state index in [0.717, 1.165) is 0 Å². The van der Waals surface area contributed by atoms with E-state index >= 15 is 0 Å². The van der Waals surface area contributed by atoms with Crippen molar-refractivity contribution in [1.29, 1.82) is 0 Å². The number of carbonyl (C=O) groups excluding carboxylic acids is 2. The molecule has 0 unspecified atom stereocenters. The predicted molar refractivity (Wildman–Crippen MR) is 94.2 cm³/mol. The van der Waals surface area contributed by atoms with Crippen LogP contribution in [0.5, 0.6) is 0 Å². The van der Waals surface area contributed by atoms with Gasteiger partial charge in [0.15, 0.2) is 5.69 Å². The molecule has 0 aliphatic carbocycles. The molecule has 1 aromatic heterocycles. The molecule has 2 rings (SSSR count). The summed E-state index contributed by atoms with van der Waals surface area (Å²) in [6.45, 7) is 8.67. The minimum absolute atomic E-state index is 0.149. The molecule has 0 aliphatic rings. The van der Waals surface area contributed by atoms with Gasteiger partial charge in [-0.25, -0.2) is 0 Å². The van der Waals surface area contributed by atoms with Gasteiger partial charge in [0.2, 0.25) is 0 Å². The number of benzene rings is 1. The van der Waals surface area contributed by atoms with E-state index in [0.29, 0.717) is 29.4 Å². The van der Waals surface area contributed by atoms with Crippen molar-refractivity contribution in [2.45, 2.75) is 33.7 Å². The maximum absolute atomic E-state index is 12.3. The molecule has 1 heterocycles. The van der Waals surface area contributed by atoms with Crippen molar-refractivity contribution in [3.63, 3.8) is 0 Å². The number of amides is 2. The highest BCUT2D eigenvalue weighted by atomic mass is 16.2. The van der Waals surface area contributed by atoms with Crippen LogP contribution >= 0.6 is 0 Å². The molecular weight excluding hydrogens is 304 g/mol. The monoisotopic (exact) mass is 328 g/mol. The van der Waals surface area contributed by atoms with Crippen LogP contribution in [0.15, 0.2) is 36.5 Å². The highest BCUT2D eigenvalue weighted by molar-refractivity contribution is 6.03. The van der Waals surface area contributed by atoms with E-state index in [1.54, 1.807) is 41.2 Å². The molecule has 2 N–H and O–H groups in total. The molecule has 0 aliphatic heterocycles. The van der Waals surface area contributed by atoms with Crippen molar-refractivity contribution in [3.8, 4) is 0 Å². The van der Waals surface area contributed by atoms with Gasteiger partial charge in [-0.3, -0.25) is 14.3 Å². The van der Waals surface area contributed by atoms with E-state index in [1.165, 1.54) is 0 Å². The fourth-order valence-corrected chi connectivity index (χ4v) is 2.08. The van der Waals surface area contributed by atoms with E-state index in [1.807, 2.05) is 27.7 Å². The molecule has 0 bridgehead atoms. The van der Waals surface area contributed by atoms with Gasteiger partial charge in [-0.1, -0.05) is 19.9 Å². The smallest absolute Gasteiger partial charge is 0.276 e. The van der Waals surface area contributed by atoms with Crippen LogP contribution in [-0.4, -0.2) is 28.1 Å². The van der Waals surface area contributed by atoms with Crippen LogP contribution in [-0.2, 0) is 0 Å². The maximum atomic E-state index is 12.3. The largest absolute Gasteiger partial charge is 0.352 e. The number of hydrogen-bond acceptors (Lipinski definition) is 3. The Bertz CT molecular complexity index is 719. The molecule has 0 radical (unpaired) electrons. The van der Waals surface area contributed by atoms with E-state index < -0.39 is 0 Å². The van der Waals surface area contributed by atoms with Gasteiger partial charge in [0.25, 0.3) is 11.8 Å². The quantitative estimate of drug-likeness (QED) is 0.855. The number of hydrogen-bond donors (Lipinski definition) is 2. The maximum Gasteiger partial charge on any atom is 0.276 e. The minimum Gasteiger partial charge on any atom is -0.352 e. The lowest BCUT2D eigenvalue weighted by atomic mass is 10.1. The van der Waals surface area contributed by atoms with Gasteiger partial charge >= 0.3 is 0 Å². The minimum atomic E-state index is -0.297. The van der Waals surface area contributed by atoms with Crippen molar-refractivity contribution in [1.82, 2.24) is 15.1 Å². The second-order valence-corrected chi connectivity index (χ2v) is 6.41. The van der Waals surface area contributed by atoms with Gasteiger partial charge in [-0.05, 0) is 44.0 Å². The van der Waals surface area contributed by atoms with Crippen LogP contribution in [0.4, 0.5) is 5.69 Å². The lowest BCUT2D eigenvalue weighted by Crippen LogP contribution is -2.27. The molecule has 2 aromatic rings. The van der Waals surface area contributed by atoms with Crippen LogP contribution < -0.4 is 10.6 Å². The second-order valence-electron chi connectivity index (χ2n) is 6.41. The zero-order chi connectivity index (χ0) is 17.7. The van der Waals surface area contributed by atoms with Gasteiger partial charge in [0.1, 0.15) is 0 Å². The fourth-order valence-electron chi connectivity index (χ4n) is 2.08. The van der Waals surface area contributed by atoms with E-state index in [4.69, 9.17) is 0 Å². The summed E-state index contributed by atoms with van der Waals surface area (Å²) >= 11 is 0. The summed E-state index contributed by atoms with van der Waals surface area (Å²) in [5.41, 5.74) is 1.43. The third-order valence-electron chi connectivity index (χ3n) is 3.42.